The van der Waals surface area contributed by atoms with E-state index in [1.807, 2.05) is 17.9 Å². The summed E-state index contributed by atoms with van der Waals surface area (Å²) in [5.74, 6) is 0.0401. The summed E-state index contributed by atoms with van der Waals surface area (Å²) in [5, 5.41) is 3.87. The van der Waals surface area contributed by atoms with Gasteiger partial charge < -0.3 is 10.2 Å². The number of benzene rings is 1. The van der Waals surface area contributed by atoms with Crippen LogP contribution in [-0.2, 0) is 19.4 Å². The van der Waals surface area contributed by atoms with Gasteiger partial charge in [0.1, 0.15) is 5.15 Å². The highest BCUT2D eigenvalue weighted by Crippen LogP contribution is 2.35. The third-order valence-corrected chi connectivity index (χ3v) is 5.28. The lowest BCUT2D eigenvalue weighted by Crippen LogP contribution is -2.26. The Kier molecular flexibility index (Phi) is 4.02. The Morgan fingerprint density at radius 1 is 1.25 bits per heavy atom. The van der Waals surface area contributed by atoms with Crippen LogP contribution in [0.15, 0.2) is 30.5 Å². The van der Waals surface area contributed by atoms with Crippen LogP contribution in [0.4, 0.5) is 0 Å². The normalized spacial score (nSPS) is 19.8. The molecule has 2 aliphatic heterocycles. The molecule has 0 aliphatic carbocycles. The molecular formula is C19H20ClN3O. The van der Waals surface area contributed by atoms with Gasteiger partial charge in [-0.15, -0.1) is 0 Å². The van der Waals surface area contributed by atoms with Gasteiger partial charge in [0.2, 0.25) is 0 Å². The highest BCUT2D eigenvalue weighted by molar-refractivity contribution is 6.29. The van der Waals surface area contributed by atoms with E-state index < -0.39 is 0 Å². The van der Waals surface area contributed by atoms with E-state index in [2.05, 4.69) is 28.5 Å². The van der Waals surface area contributed by atoms with Crippen LogP contribution in [0.1, 0.15) is 45.6 Å². The summed E-state index contributed by atoms with van der Waals surface area (Å²) in [7, 11) is 0. The Morgan fingerprint density at radius 2 is 2.04 bits per heavy atom. The fourth-order valence-electron chi connectivity index (χ4n) is 3.70. The minimum absolute atomic E-state index is 0.0217. The second-order valence-electron chi connectivity index (χ2n) is 6.56. The molecule has 4 nitrogen and oxygen atoms in total. The quantitative estimate of drug-likeness (QED) is 0.853. The van der Waals surface area contributed by atoms with Crippen LogP contribution >= 0.6 is 11.6 Å². The van der Waals surface area contributed by atoms with E-state index in [0.717, 1.165) is 31.5 Å². The van der Waals surface area contributed by atoms with Gasteiger partial charge in [-0.1, -0.05) is 29.8 Å². The van der Waals surface area contributed by atoms with Gasteiger partial charge in [0, 0.05) is 12.7 Å². The van der Waals surface area contributed by atoms with Crippen molar-refractivity contribution in [1.29, 1.82) is 0 Å². The maximum Gasteiger partial charge on any atom is 0.256 e. The van der Waals surface area contributed by atoms with Crippen molar-refractivity contribution < 1.29 is 4.79 Å². The van der Waals surface area contributed by atoms with Crippen LogP contribution in [0.2, 0.25) is 5.15 Å². The Morgan fingerprint density at radius 3 is 2.88 bits per heavy atom. The van der Waals surface area contributed by atoms with Crippen molar-refractivity contribution in [1.82, 2.24) is 15.2 Å². The number of fused-ring (bicyclic) bond motifs is 2. The summed E-state index contributed by atoms with van der Waals surface area (Å²) in [6, 6.07) is 8.46. The van der Waals surface area contributed by atoms with E-state index in [4.69, 9.17) is 11.6 Å². The summed E-state index contributed by atoms with van der Waals surface area (Å²) in [5.41, 5.74) is 5.65. The Labute approximate surface area is 146 Å². The SMILES string of the molecule is CC1c2cc(Cl)ncc2C(=O)N1Cc1ccc2c(c1)CCNCC2. The molecule has 1 amide bonds. The lowest BCUT2D eigenvalue weighted by molar-refractivity contribution is 0.0722. The zero-order chi connectivity index (χ0) is 16.7. The predicted octanol–water partition coefficient (Wildman–Crippen LogP) is 3.14. The van der Waals surface area contributed by atoms with Crippen molar-refractivity contribution in [3.63, 3.8) is 0 Å². The molecule has 0 radical (unpaired) electrons. The van der Waals surface area contributed by atoms with E-state index in [1.54, 1.807) is 6.20 Å². The first-order valence-electron chi connectivity index (χ1n) is 8.41. The van der Waals surface area contributed by atoms with Gasteiger partial charge in [-0.05, 0) is 61.2 Å². The van der Waals surface area contributed by atoms with E-state index in [0.29, 0.717) is 17.3 Å². The molecule has 0 saturated carbocycles. The smallest absolute Gasteiger partial charge is 0.256 e. The highest BCUT2D eigenvalue weighted by atomic mass is 35.5. The molecule has 1 aromatic carbocycles. The minimum Gasteiger partial charge on any atom is -0.327 e. The molecule has 1 aromatic heterocycles. The number of carbonyl (C=O) groups is 1. The molecule has 1 N–H and O–H groups in total. The summed E-state index contributed by atoms with van der Waals surface area (Å²) in [6.45, 7) is 4.72. The van der Waals surface area contributed by atoms with E-state index in [-0.39, 0.29) is 11.9 Å². The molecule has 0 spiro atoms. The zero-order valence-electron chi connectivity index (χ0n) is 13.7. The molecule has 4 rings (SSSR count). The van der Waals surface area contributed by atoms with Gasteiger partial charge in [0.15, 0.2) is 0 Å². The number of amides is 1. The average Bonchev–Trinajstić information content (AvgIpc) is 2.75. The van der Waals surface area contributed by atoms with Gasteiger partial charge in [-0.2, -0.15) is 0 Å². The molecule has 2 aromatic rings. The Hall–Kier alpha value is -1.91. The van der Waals surface area contributed by atoms with E-state index in [1.165, 1.54) is 16.7 Å². The maximum absolute atomic E-state index is 12.7. The summed E-state index contributed by atoms with van der Waals surface area (Å²) in [4.78, 5) is 18.7. The van der Waals surface area contributed by atoms with Crippen LogP contribution in [-0.4, -0.2) is 28.9 Å². The molecule has 124 valence electrons. The number of hydrogen-bond acceptors (Lipinski definition) is 3. The fourth-order valence-corrected chi connectivity index (χ4v) is 3.86. The third-order valence-electron chi connectivity index (χ3n) is 5.08. The van der Waals surface area contributed by atoms with Crippen LogP contribution < -0.4 is 5.32 Å². The monoisotopic (exact) mass is 341 g/mol. The van der Waals surface area contributed by atoms with Crippen molar-refractivity contribution in [2.45, 2.75) is 32.4 Å². The van der Waals surface area contributed by atoms with Gasteiger partial charge in [-0.3, -0.25) is 4.79 Å². The van der Waals surface area contributed by atoms with Crippen molar-refractivity contribution in [3.8, 4) is 0 Å². The second-order valence-corrected chi connectivity index (χ2v) is 6.94. The topological polar surface area (TPSA) is 45.2 Å². The number of nitrogens with one attached hydrogen (secondary N) is 1. The van der Waals surface area contributed by atoms with Crippen molar-refractivity contribution in [3.05, 3.63) is 63.4 Å². The number of rotatable bonds is 2. The number of carbonyl (C=O) groups excluding carboxylic acids is 1. The van der Waals surface area contributed by atoms with Gasteiger partial charge in [-0.25, -0.2) is 4.98 Å². The van der Waals surface area contributed by atoms with Crippen LogP contribution in [0, 0.1) is 0 Å². The van der Waals surface area contributed by atoms with Gasteiger partial charge in [0.25, 0.3) is 5.91 Å². The van der Waals surface area contributed by atoms with Crippen LogP contribution in [0.5, 0.6) is 0 Å². The standard InChI is InChI=1S/C19H20ClN3O/c1-12-16-9-18(20)22-10-17(16)19(24)23(12)11-13-2-3-14-4-6-21-7-5-15(14)8-13/h2-3,8-10,12,21H,4-7,11H2,1H3. The number of pyridine rings is 1. The maximum atomic E-state index is 12.7. The number of hydrogen-bond donors (Lipinski definition) is 1. The average molecular weight is 342 g/mol. The first-order valence-corrected chi connectivity index (χ1v) is 8.79. The summed E-state index contributed by atoms with van der Waals surface area (Å²) in [6.07, 6.45) is 3.72. The first kappa shape index (κ1) is 15.6. The molecule has 1 atom stereocenters. The molecule has 3 heterocycles. The van der Waals surface area contributed by atoms with E-state index in [9.17, 15) is 4.79 Å². The first-order chi connectivity index (χ1) is 11.6. The van der Waals surface area contributed by atoms with Crippen molar-refractivity contribution in [2.75, 3.05) is 13.1 Å². The highest BCUT2D eigenvalue weighted by Gasteiger charge is 2.34. The molecule has 5 heteroatoms. The second kappa shape index (κ2) is 6.19. The number of halogens is 1. The molecule has 2 aliphatic rings. The fraction of sp³-hybridized carbons (Fsp3) is 0.368. The van der Waals surface area contributed by atoms with Gasteiger partial charge in [0.05, 0.1) is 11.6 Å². The molecule has 0 bridgehead atoms. The predicted molar refractivity (Wildman–Crippen MR) is 94.3 cm³/mol. The largest absolute Gasteiger partial charge is 0.327 e. The van der Waals surface area contributed by atoms with E-state index >= 15 is 0 Å². The molecule has 1 unspecified atom stereocenters. The lowest BCUT2D eigenvalue weighted by Gasteiger charge is -2.22. The molecular weight excluding hydrogens is 322 g/mol. The lowest BCUT2D eigenvalue weighted by atomic mass is 9.99. The molecule has 0 saturated heterocycles. The molecule has 24 heavy (non-hydrogen) atoms. The number of nitrogens with zero attached hydrogens (tertiary/aromatic N) is 2. The zero-order valence-corrected chi connectivity index (χ0v) is 14.4. The third kappa shape index (κ3) is 2.70. The van der Waals surface area contributed by atoms with Crippen LogP contribution in [0.3, 0.4) is 0 Å². The van der Waals surface area contributed by atoms with Crippen molar-refractivity contribution in [2.24, 2.45) is 0 Å². The van der Waals surface area contributed by atoms with Crippen LogP contribution in [0.25, 0.3) is 0 Å². The summed E-state index contributed by atoms with van der Waals surface area (Å²) >= 11 is 5.99. The minimum atomic E-state index is 0.0217. The van der Waals surface area contributed by atoms with Crippen molar-refractivity contribution >= 4 is 17.5 Å². The Balaban J connectivity index is 1.60. The Bertz CT molecular complexity index is 805. The molecule has 0 fully saturated rings. The number of aromatic nitrogens is 1. The van der Waals surface area contributed by atoms with Gasteiger partial charge >= 0.3 is 0 Å². The summed E-state index contributed by atoms with van der Waals surface area (Å²) < 4.78 is 0.